The smallest absolute Gasteiger partial charge is 0.0619 e. The first-order chi connectivity index (χ1) is 8.26. The maximum absolute atomic E-state index is 5.53. The number of ether oxygens (including phenoxy) is 1. The van der Waals surface area contributed by atoms with Gasteiger partial charge in [0.25, 0.3) is 0 Å². The zero-order valence-electron chi connectivity index (χ0n) is 11.2. The summed E-state index contributed by atoms with van der Waals surface area (Å²) in [7, 11) is 0. The van der Waals surface area contributed by atoms with Crippen LogP contribution in [-0.4, -0.2) is 43.0 Å². The van der Waals surface area contributed by atoms with Gasteiger partial charge in [-0.15, -0.1) is 0 Å². The fraction of sp³-hybridized carbons (Fsp3) is 1.00. The molecule has 0 N–H and O–H groups in total. The van der Waals surface area contributed by atoms with Crippen molar-refractivity contribution in [2.45, 2.75) is 51.5 Å². The zero-order chi connectivity index (χ0) is 12.1. The van der Waals surface area contributed by atoms with Crippen molar-refractivity contribution in [3.63, 3.8) is 0 Å². The summed E-state index contributed by atoms with van der Waals surface area (Å²) in [5.41, 5.74) is 0.477. The quantitative estimate of drug-likeness (QED) is 0.616. The molecule has 2 fully saturated rings. The first-order valence-electron chi connectivity index (χ1n) is 7.18. The van der Waals surface area contributed by atoms with Crippen molar-refractivity contribution >= 4 is 12.6 Å². The highest BCUT2D eigenvalue weighted by atomic mass is 32.1. The van der Waals surface area contributed by atoms with Gasteiger partial charge in [-0.3, -0.25) is 4.90 Å². The van der Waals surface area contributed by atoms with Crippen molar-refractivity contribution in [3.05, 3.63) is 0 Å². The molecule has 17 heavy (non-hydrogen) atoms. The molecule has 3 heteroatoms. The van der Waals surface area contributed by atoms with Gasteiger partial charge in [0.1, 0.15) is 0 Å². The third kappa shape index (κ3) is 3.62. The Bertz CT molecular complexity index is 226. The van der Waals surface area contributed by atoms with Crippen LogP contribution in [0.25, 0.3) is 0 Å². The fourth-order valence-electron chi connectivity index (χ4n) is 3.27. The van der Waals surface area contributed by atoms with Gasteiger partial charge in [-0.1, -0.05) is 25.7 Å². The molecule has 0 aromatic carbocycles. The van der Waals surface area contributed by atoms with E-state index in [1.54, 1.807) is 0 Å². The molecule has 0 radical (unpaired) electrons. The first-order valence-corrected chi connectivity index (χ1v) is 7.82. The van der Waals surface area contributed by atoms with Crippen molar-refractivity contribution in [1.82, 2.24) is 4.90 Å². The molecule has 0 amide bonds. The highest BCUT2D eigenvalue weighted by Crippen LogP contribution is 2.37. The van der Waals surface area contributed by atoms with Crippen LogP contribution in [0.4, 0.5) is 0 Å². The summed E-state index contributed by atoms with van der Waals surface area (Å²) in [5.74, 6) is 1.05. The number of rotatable bonds is 3. The van der Waals surface area contributed by atoms with E-state index in [4.69, 9.17) is 4.74 Å². The molecule has 2 aliphatic rings. The van der Waals surface area contributed by atoms with Crippen LogP contribution >= 0.6 is 12.6 Å². The summed E-state index contributed by atoms with van der Waals surface area (Å²) >= 11 is 4.67. The minimum absolute atomic E-state index is 0.477. The summed E-state index contributed by atoms with van der Waals surface area (Å²) < 4.78 is 5.53. The minimum Gasteiger partial charge on any atom is -0.379 e. The second kappa shape index (κ2) is 6.44. The minimum atomic E-state index is 0.477. The number of hydrogen-bond acceptors (Lipinski definition) is 3. The lowest BCUT2D eigenvalue weighted by atomic mass is 9.81. The second-order valence-electron chi connectivity index (χ2n) is 5.97. The van der Waals surface area contributed by atoms with E-state index in [0.29, 0.717) is 11.5 Å². The van der Waals surface area contributed by atoms with Gasteiger partial charge in [0.05, 0.1) is 13.2 Å². The highest BCUT2D eigenvalue weighted by molar-refractivity contribution is 7.80. The van der Waals surface area contributed by atoms with Crippen LogP contribution in [0.15, 0.2) is 0 Å². The second-order valence-corrected chi connectivity index (χ2v) is 6.28. The van der Waals surface area contributed by atoms with Crippen molar-refractivity contribution in [3.8, 4) is 0 Å². The average Bonchev–Trinajstić information content (AvgIpc) is 2.58. The average molecular weight is 257 g/mol. The summed E-state index contributed by atoms with van der Waals surface area (Å²) in [4.78, 5) is 2.63. The molecule has 1 aliphatic carbocycles. The fourth-order valence-corrected chi connectivity index (χ4v) is 3.69. The molecule has 2 rings (SSSR count). The molecule has 1 saturated carbocycles. The Hall–Kier alpha value is 0.270. The lowest BCUT2D eigenvalue weighted by molar-refractivity contribution is -0.0195. The monoisotopic (exact) mass is 257 g/mol. The molecule has 1 aliphatic heterocycles. The largest absolute Gasteiger partial charge is 0.379 e. The van der Waals surface area contributed by atoms with Crippen molar-refractivity contribution in [2.75, 3.05) is 32.1 Å². The maximum atomic E-state index is 5.53. The molecule has 100 valence electrons. The van der Waals surface area contributed by atoms with Crippen LogP contribution in [0.1, 0.15) is 45.4 Å². The molecule has 1 unspecified atom stereocenters. The van der Waals surface area contributed by atoms with E-state index in [9.17, 15) is 0 Å². The predicted octanol–water partition coefficient (Wildman–Crippen LogP) is 2.98. The SMILES string of the molecule is CC1COCCN1CC1(CS)CCCCCC1. The van der Waals surface area contributed by atoms with Gasteiger partial charge in [-0.25, -0.2) is 0 Å². The number of hydrogen-bond donors (Lipinski definition) is 1. The van der Waals surface area contributed by atoms with Gasteiger partial charge in [-0.05, 0) is 30.9 Å². The van der Waals surface area contributed by atoms with Gasteiger partial charge >= 0.3 is 0 Å². The van der Waals surface area contributed by atoms with Gasteiger partial charge in [-0.2, -0.15) is 12.6 Å². The molecule has 1 atom stereocenters. The van der Waals surface area contributed by atoms with E-state index < -0.39 is 0 Å². The normalized spacial score (nSPS) is 31.1. The highest BCUT2D eigenvalue weighted by Gasteiger charge is 2.33. The van der Waals surface area contributed by atoms with Crippen LogP contribution in [0.5, 0.6) is 0 Å². The van der Waals surface area contributed by atoms with Gasteiger partial charge < -0.3 is 4.74 Å². The molecule has 0 spiro atoms. The Morgan fingerprint density at radius 3 is 2.53 bits per heavy atom. The number of nitrogens with zero attached hydrogens (tertiary/aromatic N) is 1. The molecule has 0 bridgehead atoms. The van der Waals surface area contributed by atoms with E-state index in [1.165, 1.54) is 45.1 Å². The van der Waals surface area contributed by atoms with Gasteiger partial charge in [0.2, 0.25) is 0 Å². The molecule has 0 aromatic heterocycles. The van der Waals surface area contributed by atoms with Crippen LogP contribution in [0, 0.1) is 5.41 Å². The third-order valence-electron chi connectivity index (χ3n) is 4.54. The third-order valence-corrected chi connectivity index (χ3v) is 5.21. The van der Waals surface area contributed by atoms with E-state index in [1.807, 2.05) is 0 Å². The van der Waals surface area contributed by atoms with Crippen LogP contribution in [0.2, 0.25) is 0 Å². The Labute approximate surface area is 112 Å². The van der Waals surface area contributed by atoms with Crippen LogP contribution in [0.3, 0.4) is 0 Å². The summed E-state index contributed by atoms with van der Waals surface area (Å²) in [6, 6.07) is 0.587. The van der Waals surface area contributed by atoms with Crippen molar-refractivity contribution in [1.29, 1.82) is 0 Å². The summed E-state index contributed by atoms with van der Waals surface area (Å²) in [6.45, 7) is 6.45. The molecule has 2 nitrogen and oxygen atoms in total. The van der Waals surface area contributed by atoms with E-state index in [0.717, 1.165) is 25.5 Å². The standard InChI is InChI=1S/C14H27NOS/c1-13-10-16-9-8-15(13)11-14(12-17)6-4-2-3-5-7-14/h13,17H,2-12H2,1H3. The van der Waals surface area contributed by atoms with Gasteiger partial charge in [0, 0.05) is 19.1 Å². The predicted molar refractivity (Wildman–Crippen MR) is 75.8 cm³/mol. The Kier molecular flexibility index (Phi) is 5.19. The number of morpholine rings is 1. The lowest BCUT2D eigenvalue weighted by Crippen LogP contribution is -2.49. The van der Waals surface area contributed by atoms with E-state index >= 15 is 0 Å². The van der Waals surface area contributed by atoms with Crippen LogP contribution < -0.4 is 0 Å². The topological polar surface area (TPSA) is 12.5 Å². The van der Waals surface area contributed by atoms with E-state index in [-0.39, 0.29) is 0 Å². The molecule has 1 heterocycles. The Morgan fingerprint density at radius 1 is 1.24 bits per heavy atom. The molecular weight excluding hydrogens is 230 g/mol. The van der Waals surface area contributed by atoms with Gasteiger partial charge in [0.15, 0.2) is 0 Å². The molecule has 1 saturated heterocycles. The van der Waals surface area contributed by atoms with Crippen LogP contribution in [-0.2, 0) is 4.74 Å². The zero-order valence-corrected chi connectivity index (χ0v) is 12.1. The number of thiol groups is 1. The lowest BCUT2D eigenvalue weighted by Gasteiger charge is -2.41. The molecular formula is C14H27NOS. The summed E-state index contributed by atoms with van der Waals surface area (Å²) in [5, 5.41) is 0. The van der Waals surface area contributed by atoms with E-state index in [2.05, 4.69) is 24.5 Å². The molecule has 0 aromatic rings. The van der Waals surface area contributed by atoms with Crippen molar-refractivity contribution in [2.24, 2.45) is 5.41 Å². The Balaban J connectivity index is 1.96. The Morgan fingerprint density at radius 2 is 1.94 bits per heavy atom. The summed E-state index contributed by atoms with van der Waals surface area (Å²) in [6.07, 6.45) is 8.40. The van der Waals surface area contributed by atoms with Crippen molar-refractivity contribution < 1.29 is 4.74 Å². The first kappa shape index (κ1) is 13.7. The maximum Gasteiger partial charge on any atom is 0.0619 e.